The summed E-state index contributed by atoms with van der Waals surface area (Å²) in [6.45, 7) is 3.98. The Balaban J connectivity index is 1.42. The maximum absolute atomic E-state index is 4.60. The van der Waals surface area contributed by atoms with Crippen LogP contribution in [0.4, 0.5) is 5.69 Å². The molecule has 0 radical (unpaired) electrons. The van der Waals surface area contributed by atoms with Crippen LogP contribution in [0.5, 0.6) is 0 Å². The van der Waals surface area contributed by atoms with E-state index in [0.717, 1.165) is 37.6 Å². The van der Waals surface area contributed by atoms with Crippen molar-refractivity contribution < 1.29 is 0 Å². The summed E-state index contributed by atoms with van der Waals surface area (Å²) in [4.78, 5) is 9.38. The molecule has 0 saturated carbocycles. The molecular weight excluding hydrogens is 306 g/mol. The van der Waals surface area contributed by atoms with Gasteiger partial charge in [-0.3, -0.25) is 0 Å². The molecule has 0 atom stereocenters. The monoisotopic (exact) mass is 327 g/mol. The molecule has 0 aliphatic carbocycles. The Morgan fingerprint density at radius 3 is 2.08 bits per heavy atom. The van der Waals surface area contributed by atoms with Crippen molar-refractivity contribution in [3.63, 3.8) is 0 Å². The number of rotatable bonds is 2. The fourth-order valence-corrected chi connectivity index (χ4v) is 3.23. The summed E-state index contributed by atoms with van der Waals surface area (Å²) in [5.74, 6) is 1.02. The van der Waals surface area contributed by atoms with E-state index < -0.39 is 0 Å². The Morgan fingerprint density at radius 1 is 0.720 bits per heavy atom. The number of amidine groups is 1. The lowest BCUT2D eigenvalue weighted by Gasteiger charge is -2.37. The second kappa shape index (κ2) is 7.25. The number of piperazine rings is 1. The molecule has 0 aromatic heterocycles. The number of para-hydroxylation sites is 1. The van der Waals surface area contributed by atoms with Crippen molar-refractivity contribution in [2.24, 2.45) is 4.99 Å². The maximum atomic E-state index is 4.60. The Bertz CT molecular complexity index is 835. The third kappa shape index (κ3) is 3.57. The minimum atomic E-state index is 0.979. The van der Waals surface area contributed by atoms with Crippen LogP contribution in [0.15, 0.2) is 89.7 Å². The highest BCUT2D eigenvalue weighted by atomic mass is 15.3. The standard InChI is InChI=1S/C22H21N3/c1-3-7-19(8-4-1)20-11-12-22(23-14-13-20)25-17-15-24(16-18-25)21-9-5-2-6-10-21/h1-12,14H,15-18H2. The van der Waals surface area contributed by atoms with Gasteiger partial charge in [0.15, 0.2) is 0 Å². The Labute approximate surface area is 148 Å². The van der Waals surface area contributed by atoms with Crippen molar-refractivity contribution in [3.8, 4) is 0 Å². The molecule has 2 aliphatic rings. The third-order valence-electron chi connectivity index (χ3n) is 4.63. The summed E-state index contributed by atoms with van der Waals surface area (Å²) in [6.07, 6.45) is 6.01. The molecule has 2 aliphatic heterocycles. The molecule has 0 unspecified atom stereocenters. The first-order chi connectivity index (χ1) is 12.4. The van der Waals surface area contributed by atoms with Crippen molar-refractivity contribution in [2.75, 3.05) is 31.1 Å². The normalized spacial score (nSPS) is 17.1. The molecule has 0 bridgehead atoms. The molecule has 25 heavy (non-hydrogen) atoms. The fraction of sp³-hybridized carbons (Fsp3) is 0.182. The van der Waals surface area contributed by atoms with Crippen LogP contribution in [0.1, 0.15) is 5.56 Å². The van der Waals surface area contributed by atoms with Crippen molar-refractivity contribution >= 4 is 17.1 Å². The predicted molar refractivity (Wildman–Crippen MR) is 105 cm³/mol. The van der Waals surface area contributed by atoms with Crippen LogP contribution >= 0.6 is 0 Å². The Hall–Kier alpha value is -3.03. The summed E-state index contributed by atoms with van der Waals surface area (Å²) >= 11 is 0. The first kappa shape index (κ1) is 15.5. The van der Waals surface area contributed by atoms with Crippen molar-refractivity contribution in [3.05, 3.63) is 90.3 Å². The van der Waals surface area contributed by atoms with Crippen molar-refractivity contribution in [1.82, 2.24) is 4.90 Å². The van der Waals surface area contributed by atoms with Gasteiger partial charge in [0.25, 0.3) is 0 Å². The molecular formula is C22H21N3. The number of hydrogen-bond acceptors (Lipinski definition) is 3. The molecule has 2 aromatic carbocycles. The van der Waals surface area contributed by atoms with E-state index in [1.165, 1.54) is 11.3 Å². The number of nitrogens with zero attached hydrogens (tertiary/aromatic N) is 3. The first-order valence-corrected chi connectivity index (χ1v) is 8.71. The number of hydrogen-bond donors (Lipinski definition) is 0. The van der Waals surface area contributed by atoms with Gasteiger partial charge in [0.05, 0.1) is 6.20 Å². The average Bonchev–Trinajstić information content (AvgIpc) is 2.96. The zero-order valence-corrected chi connectivity index (χ0v) is 14.2. The maximum Gasteiger partial charge on any atom is 0.129 e. The predicted octanol–water partition coefficient (Wildman–Crippen LogP) is 3.97. The largest absolute Gasteiger partial charge is 0.368 e. The fourth-order valence-electron chi connectivity index (χ4n) is 3.23. The third-order valence-corrected chi connectivity index (χ3v) is 4.63. The molecule has 1 saturated heterocycles. The van der Waals surface area contributed by atoms with E-state index in [-0.39, 0.29) is 0 Å². The SMILES string of the molecule is C1=CN=C(N2CCN(c3ccccc3)CC2)C=CC=1c1ccccc1. The van der Waals surface area contributed by atoms with Crippen LogP contribution < -0.4 is 4.90 Å². The van der Waals surface area contributed by atoms with Gasteiger partial charge in [0.2, 0.25) is 0 Å². The van der Waals surface area contributed by atoms with Gasteiger partial charge in [-0.1, -0.05) is 54.3 Å². The lowest BCUT2D eigenvalue weighted by molar-refractivity contribution is 0.387. The van der Waals surface area contributed by atoms with Gasteiger partial charge in [-0.2, -0.15) is 0 Å². The van der Waals surface area contributed by atoms with Gasteiger partial charge in [-0.15, -0.1) is 0 Å². The van der Waals surface area contributed by atoms with Crippen molar-refractivity contribution in [1.29, 1.82) is 0 Å². The topological polar surface area (TPSA) is 18.8 Å². The lowest BCUT2D eigenvalue weighted by Crippen LogP contribution is -2.48. The van der Waals surface area contributed by atoms with Gasteiger partial charge in [0, 0.05) is 37.4 Å². The molecule has 3 heteroatoms. The zero-order valence-electron chi connectivity index (χ0n) is 14.2. The van der Waals surface area contributed by atoms with E-state index in [1.54, 1.807) is 6.20 Å². The minimum absolute atomic E-state index is 0.979. The van der Waals surface area contributed by atoms with E-state index in [1.807, 2.05) is 18.2 Å². The number of allylic oxidation sites excluding steroid dienone is 2. The van der Waals surface area contributed by atoms with Crippen molar-refractivity contribution in [2.45, 2.75) is 0 Å². The van der Waals surface area contributed by atoms with Crippen LogP contribution in [0, 0.1) is 0 Å². The molecule has 2 heterocycles. The van der Waals surface area contributed by atoms with Crippen LogP contribution in [0.25, 0.3) is 5.57 Å². The highest BCUT2D eigenvalue weighted by Crippen LogP contribution is 2.18. The summed E-state index contributed by atoms with van der Waals surface area (Å²) in [7, 11) is 0. The molecule has 3 nitrogen and oxygen atoms in total. The molecule has 2 aromatic rings. The summed E-state index contributed by atoms with van der Waals surface area (Å²) < 4.78 is 0. The summed E-state index contributed by atoms with van der Waals surface area (Å²) in [6, 6.07) is 20.9. The van der Waals surface area contributed by atoms with Gasteiger partial charge in [0.1, 0.15) is 5.84 Å². The average molecular weight is 327 g/mol. The Kier molecular flexibility index (Phi) is 4.49. The molecule has 1 fully saturated rings. The summed E-state index contributed by atoms with van der Waals surface area (Å²) in [5.41, 5.74) is 6.82. The molecule has 0 amide bonds. The summed E-state index contributed by atoms with van der Waals surface area (Å²) in [5, 5.41) is 0. The highest BCUT2D eigenvalue weighted by Gasteiger charge is 2.19. The molecule has 124 valence electrons. The molecule has 0 N–H and O–H groups in total. The quantitative estimate of drug-likeness (QED) is 0.777. The number of anilines is 1. The number of aliphatic imine (C=N–C) groups is 1. The van der Waals surface area contributed by atoms with Crippen LogP contribution in [-0.2, 0) is 0 Å². The van der Waals surface area contributed by atoms with Crippen LogP contribution in [0.3, 0.4) is 0 Å². The van der Waals surface area contributed by atoms with E-state index in [4.69, 9.17) is 0 Å². The van der Waals surface area contributed by atoms with Gasteiger partial charge >= 0.3 is 0 Å². The molecule has 4 rings (SSSR count). The highest BCUT2D eigenvalue weighted by molar-refractivity contribution is 5.96. The lowest BCUT2D eigenvalue weighted by atomic mass is 10.1. The van der Waals surface area contributed by atoms with E-state index in [0.29, 0.717) is 0 Å². The van der Waals surface area contributed by atoms with Crippen LogP contribution in [0.2, 0.25) is 0 Å². The second-order valence-electron chi connectivity index (χ2n) is 6.18. The van der Waals surface area contributed by atoms with E-state index >= 15 is 0 Å². The second-order valence-corrected chi connectivity index (χ2v) is 6.18. The van der Waals surface area contributed by atoms with Crippen LogP contribution in [-0.4, -0.2) is 36.9 Å². The Morgan fingerprint density at radius 2 is 1.36 bits per heavy atom. The van der Waals surface area contributed by atoms with Gasteiger partial charge < -0.3 is 9.80 Å². The number of benzene rings is 2. The van der Waals surface area contributed by atoms with Gasteiger partial charge in [-0.05, 0) is 29.8 Å². The van der Waals surface area contributed by atoms with E-state index in [2.05, 4.69) is 75.1 Å². The smallest absolute Gasteiger partial charge is 0.129 e. The van der Waals surface area contributed by atoms with E-state index in [9.17, 15) is 0 Å². The minimum Gasteiger partial charge on any atom is -0.368 e. The van der Waals surface area contributed by atoms with Gasteiger partial charge in [-0.25, -0.2) is 4.99 Å². The zero-order chi connectivity index (χ0) is 16.9. The molecule has 0 spiro atoms. The first-order valence-electron chi connectivity index (χ1n) is 8.71.